The van der Waals surface area contributed by atoms with Crippen molar-refractivity contribution in [3.63, 3.8) is 0 Å². The van der Waals surface area contributed by atoms with Crippen LogP contribution in [0.4, 0.5) is 0 Å². The Morgan fingerprint density at radius 3 is 2.29 bits per heavy atom. The lowest BCUT2D eigenvalue weighted by Crippen LogP contribution is -2.54. The summed E-state index contributed by atoms with van der Waals surface area (Å²) in [5.41, 5.74) is 4.92. The fourth-order valence-corrected chi connectivity index (χ4v) is 4.97. The van der Waals surface area contributed by atoms with Crippen molar-refractivity contribution in [1.82, 2.24) is 15.1 Å². The van der Waals surface area contributed by atoms with Crippen molar-refractivity contribution < 1.29 is 23.9 Å². The molecule has 9 nitrogen and oxygen atoms in total. The summed E-state index contributed by atoms with van der Waals surface area (Å²) < 4.78 is 11.6. The van der Waals surface area contributed by atoms with Crippen LogP contribution in [0.25, 0.3) is 0 Å². The van der Waals surface area contributed by atoms with Crippen LogP contribution in [0.3, 0.4) is 0 Å². The Hall–Kier alpha value is -1.71. The van der Waals surface area contributed by atoms with Gasteiger partial charge in [-0.15, -0.1) is 0 Å². The summed E-state index contributed by atoms with van der Waals surface area (Å²) in [6.07, 6.45) is 2.38. The lowest BCUT2D eigenvalue weighted by Gasteiger charge is -2.39. The van der Waals surface area contributed by atoms with Gasteiger partial charge >= 0.3 is 0 Å². The van der Waals surface area contributed by atoms with Gasteiger partial charge in [0.25, 0.3) is 0 Å². The molecule has 0 spiro atoms. The third-order valence-electron chi connectivity index (χ3n) is 7.58. The Kier molecular flexibility index (Phi) is 12.7. The SMILES string of the molecule is CCC(C)C(C(CC(=O)N1CCCC1C(OC)C(C)C)OC)N(C)C(=O)CNC(=O)C(C)(C)CN. The van der Waals surface area contributed by atoms with Gasteiger partial charge in [-0.25, -0.2) is 0 Å². The second-order valence-corrected chi connectivity index (χ2v) is 10.9. The van der Waals surface area contributed by atoms with E-state index in [1.807, 2.05) is 4.90 Å². The first-order valence-electron chi connectivity index (χ1n) is 12.9. The first-order chi connectivity index (χ1) is 16.4. The highest BCUT2D eigenvalue weighted by atomic mass is 16.5. The van der Waals surface area contributed by atoms with Crippen LogP contribution in [0, 0.1) is 17.3 Å². The fourth-order valence-electron chi connectivity index (χ4n) is 4.97. The molecule has 0 aromatic heterocycles. The van der Waals surface area contributed by atoms with E-state index in [-0.39, 0.29) is 61.3 Å². The molecule has 35 heavy (non-hydrogen) atoms. The average Bonchev–Trinajstić information content (AvgIpc) is 3.30. The third kappa shape index (κ3) is 8.15. The summed E-state index contributed by atoms with van der Waals surface area (Å²) >= 11 is 0. The molecule has 1 aliphatic heterocycles. The predicted octanol–water partition coefficient (Wildman–Crippen LogP) is 2.03. The van der Waals surface area contributed by atoms with Crippen molar-refractivity contribution >= 4 is 17.7 Å². The quantitative estimate of drug-likeness (QED) is 0.379. The maximum atomic E-state index is 13.5. The van der Waals surface area contributed by atoms with Gasteiger partial charge in [0.05, 0.1) is 42.7 Å². The lowest BCUT2D eigenvalue weighted by molar-refractivity contribution is -0.144. The van der Waals surface area contributed by atoms with Gasteiger partial charge in [0.1, 0.15) is 0 Å². The molecule has 204 valence electrons. The zero-order valence-electron chi connectivity index (χ0n) is 23.4. The number of nitrogens with zero attached hydrogens (tertiary/aromatic N) is 2. The van der Waals surface area contributed by atoms with Crippen molar-refractivity contribution in [3.05, 3.63) is 0 Å². The lowest BCUT2D eigenvalue weighted by atomic mass is 9.90. The van der Waals surface area contributed by atoms with E-state index in [0.717, 1.165) is 19.3 Å². The van der Waals surface area contributed by atoms with Crippen LogP contribution in [0.15, 0.2) is 0 Å². The molecule has 3 N–H and O–H groups in total. The molecule has 0 bridgehead atoms. The van der Waals surface area contributed by atoms with E-state index >= 15 is 0 Å². The van der Waals surface area contributed by atoms with E-state index in [9.17, 15) is 14.4 Å². The van der Waals surface area contributed by atoms with E-state index in [1.54, 1.807) is 40.0 Å². The number of carbonyl (C=O) groups is 3. The van der Waals surface area contributed by atoms with Gasteiger partial charge in [0.2, 0.25) is 17.7 Å². The summed E-state index contributed by atoms with van der Waals surface area (Å²) in [4.78, 5) is 42.4. The highest BCUT2D eigenvalue weighted by Crippen LogP contribution is 2.28. The van der Waals surface area contributed by atoms with Gasteiger partial charge in [0, 0.05) is 34.4 Å². The highest BCUT2D eigenvalue weighted by Gasteiger charge is 2.40. The minimum absolute atomic E-state index is 0.0153. The summed E-state index contributed by atoms with van der Waals surface area (Å²) in [5, 5.41) is 2.70. The normalized spacial score (nSPS) is 19.9. The molecule has 1 heterocycles. The minimum Gasteiger partial charge on any atom is -0.379 e. The van der Waals surface area contributed by atoms with Crippen molar-refractivity contribution in [2.24, 2.45) is 23.0 Å². The molecule has 3 amide bonds. The van der Waals surface area contributed by atoms with Crippen LogP contribution in [0.2, 0.25) is 0 Å². The molecular weight excluding hydrogens is 448 g/mol. The number of ether oxygens (including phenoxy) is 2. The van der Waals surface area contributed by atoms with E-state index < -0.39 is 11.5 Å². The zero-order chi connectivity index (χ0) is 26.9. The van der Waals surface area contributed by atoms with Gasteiger partial charge in [-0.2, -0.15) is 0 Å². The van der Waals surface area contributed by atoms with Crippen molar-refractivity contribution in [1.29, 1.82) is 0 Å². The Morgan fingerprint density at radius 2 is 1.80 bits per heavy atom. The van der Waals surface area contributed by atoms with Gasteiger partial charge < -0.3 is 30.3 Å². The molecule has 0 aliphatic carbocycles. The number of hydrogen-bond acceptors (Lipinski definition) is 6. The number of methoxy groups -OCH3 is 2. The number of likely N-dealkylation sites (tertiary alicyclic amines) is 1. The van der Waals surface area contributed by atoms with E-state index in [0.29, 0.717) is 12.5 Å². The zero-order valence-corrected chi connectivity index (χ0v) is 23.4. The molecule has 1 fully saturated rings. The number of amides is 3. The summed E-state index contributed by atoms with van der Waals surface area (Å²) in [6.45, 7) is 12.6. The van der Waals surface area contributed by atoms with E-state index in [4.69, 9.17) is 15.2 Å². The number of hydrogen-bond donors (Lipinski definition) is 2. The Labute approximate surface area is 212 Å². The van der Waals surface area contributed by atoms with Crippen LogP contribution in [-0.4, -0.2) is 92.7 Å². The van der Waals surface area contributed by atoms with Crippen molar-refractivity contribution in [2.45, 2.75) is 91.5 Å². The molecule has 1 saturated heterocycles. The van der Waals surface area contributed by atoms with Crippen molar-refractivity contribution in [2.75, 3.05) is 40.9 Å². The Balaban J connectivity index is 2.99. The standard InChI is InChI=1S/C26H50N4O5/c1-10-18(4)23(29(7)22(32)15-28-25(33)26(5,6)16-27)20(34-8)14-21(31)30-13-11-12-19(30)24(35-9)17(2)3/h17-20,23-24H,10-16,27H2,1-9H3,(H,28,33). The topological polar surface area (TPSA) is 114 Å². The van der Waals surface area contributed by atoms with Crippen molar-refractivity contribution in [3.8, 4) is 0 Å². The Bertz CT molecular complexity index is 699. The molecule has 5 atom stereocenters. The van der Waals surface area contributed by atoms with Crippen LogP contribution in [-0.2, 0) is 23.9 Å². The smallest absolute Gasteiger partial charge is 0.242 e. The average molecular weight is 499 g/mol. The monoisotopic (exact) mass is 498 g/mol. The van der Waals surface area contributed by atoms with Crippen LogP contribution in [0.1, 0.15) is 67.2 Å². The molecule has 1 rings (SSSR count). The van der Waals surface area contributed by atoms with E-state index in [2.05, 4.69) is 33.0 Å². The second-order valence-electron chi connectivity index (χ2n) is 10.9. The van der Waals surface area contributed by atoms with Gasteiger partial charge in [-0.05, 0) is 38.5 Å². The predicted molar refractivity (Wildman–Crippen MR) is 138 cm³/mol. The minimum atomic E-state index is -0.751. The van der Waals surface area contributed by atoms with Gasteiger partial charge in [0.15, 0.2) is 0 Å². The second kappa shape index (κ2) is 14.1. The number of carbonyl (C=O) groups excluding carboxylic acids is 3. The molecule has 0 aromatic carbocycles. The molecule has 0 saturated carbocycles. The largest absolute Gasteiger partial charge is 0.379 e. The fraction of sp³-hybridized carbons (Fsp3) is 0.885. The van der Waals surface area contributed by atoms with E-state index in [1.165, 1.54) is 0 Å². The molecule has 0 aromatic rings. The van der Waals surface area contributed by atoms with Gasteiger partial charge in [-0.1, -0.05) is 34.1 Å². The molecule has 0 radical (unpaired) electrons. The number of nitrogens with two attached hydrogens (primary N) is 1. The van der Waals surface area contributed by atoms with Gasteiger partial charge in [-0.3, -0.25) is 14.4 Å². The Morgan fingerprint density at radius 1 is 1.17 bits per heavy atom. The summed E-state index contributed by atoms with van der Waals surface area (Å²) in [6, 6.07) is -0.266. The van der Waals surface area contributed by atoms with Crippen LogP contribution >= 0.6 is 0 Å². The summed E-state index contributed by atoms with van der Waals surface area (Å²) in [7, 11) is 5.01. The maximum Gasteiger partial charge on any atom is 0.242 e. The number of likely N-dealkylation sites (N-methyl/N-ethyl adjacent to an activating group) is 1. The number of nitrogens with one attached hydrogen (secondary N) is 1. The van der Waals surface area contributed by atoms with Crippen LogP contribution in [0.5, 0.6) is 0 Å². The summed E-state index contributed by atoms with van der Waals surface area (Å²) in [5.74, 6) is -0.0842. The third-order valence-corrected chi connectivity index (χ3v) is 7.58. The number of rotatable bonds is 14. The molecule has 5 unspecified atom stereocenters. The first kappa shape index (κ1) is 31.3. The van der Waals surface area contributed by atoms with Crippen LogP contribution < -0.4 is 11.1 Å². The molecule has 9 heteroatoms. The highest BCUT2D eigenvalue weighted by molar-refractivity contribution is 5.87. The maximum absolute atomic E-state index is 13.5. The molecular formula is C26H50N4O5. The first-order valence-corrected chi connectivity index (χ1v) is 12.9. The molecule has 1 aliphatic rings.